The molecule has 0 spiro atoms. The normalized spacial score (nSPS) is 12.8. The van der Waals surface area contributed by atoms with E-state index in [9.17, 15) is 0 Å². The van der Waals surface area contributed by atoms with Gasteiger partial charge >= 0.3 is 0 Å². The largest absolute Gasteiger partial charge is 0.360 e. The number of halogens is 3. The molecule has 4 aromatic carbocycles. The van der Waals surface area contributed by atoms with E-state index in [1.54, 1.807) is 0 Å². The number of benzene rings is 4. The molecule has 0 radical (unpaired) electrons. The average Bonchev–Trinajstić information content (AvgIpc) is 3.70. The highest BCUT2D eigenvalue weighted by Gasteiger charge is 2.32. The molecule has 0 amide bonds. The summed E-state index contributed by atoms with van der Waals surface area (Å²) in [5.74, 6) is 1.48. The highest BCUT2D eigenvalue weighted by atomic mass is 79.9. The number of hydrogen-bond donors (Lipinski definition) is 0. The van der Waals surface area contributed by atoms with Gasteiger partial charge in [-0.2, -0.15) is 0 Å². The van der Waals surface area contributed by atoms with Gasteiger partial charge in [0, 0.05) is 22.4 Å². The second kappa shape index (κ2) is 12.4. The van der Waals surface area contributed by atoms with Gasteiger partial charge in [0.15, 0.2) is 0 Å². The molecule has 2 nitrogen and oxygen atoms in total. The van der Waals surface area contributed by atoms with Crippen LogP contribution in [-0.2, 0) is 5.33 Å². The fourth-order valence-electron chi connectivity index (χ4n) is 4.22. The molecule has 37 heavy (non-hydrogen) atoms. The van der Waals surface area contributed by atoms with E-state index in [0.717, 1.165) is 22.6 Å². The van der Waals surface area contributed by atoms with Gasteiger partial charge in [0.1, 0.15) is 11.5 Å². The van der Waals surface area contributed by atoms with Gasteiger partial charge in [-0.3, -0.25) is 0 Å². The Morgan fingerprint density at radius 2 is 1.16 bits per heavy atom. The van der Waals surface area contributed by atoms with Crippen LogP contribution in [0.5, 0.6) is 0 Å². The molecule has 0 unspecified atom stereocenters. The average molecular weight is 609 g/mol. The summed E-state index contributed by atoms with van der Waals surface area (Å²) in [7, 11) is -0.446. The summed E-state index contributed by atoms with van der Waals surface area (Å²) in [6, 6.07) is 37.8. The smallest absolute Gasteiger partial charge is 0.144 e. The Labute approximate surface area is 237 Å². The zero-order valence-corrected chi connectivity index (χ0v) is 24.0. The van der Waals surface area contributed by atoms with Gasteiger partial charge in [0.05, 0.1) is 10.0 Å². The molecule has 0 saturated heterocycles. The Morgan fingerprint density at radius 1 is 0.703 bits per heavy atom. The molecule has 0 aliphatic heterocycles. The minimum absolute atomic E-state index is 0.446. The standard InChI is InChI=1S/C18H15P.C13H10BrCl2NO/c1-4-10-16(11-5-1)19(17-12-6-2-7-13-17)18-14-8-3-9-15-18;14-6-8-12(17-18-13(8)7-4-5-7)11-9(15)2-1-3-10(11)16/h1-15H;1-3,7H,4-6H2. The van der Waals surface area contributed by atoms with Crippen LogP contribution in [-0.4, -0.2) is 5.16 Å². The Morgan fingerprint density at radius 3 is 1.57 bits per heavy atom. The lowest BCUT2D eigenvalue weighted by molar-refractivity contribution is 0.385. The maximum atomic E-state index is 6.22. The van der Waals surface area contributed by atoms with E-state index in [1.807, 2.05) is 18.2 Å². The van der Waals surface area contributed by atoms with Crippen LogP contribution in [0, 0.1) is 0 Å². The molecule has 1 saturated carbocycles. The fraction of sp³-hybridized carbons (Fsp3) is 0.129. The van der Waals surface area contributed by atoms with E-state index in [0.29, 0.717) is 21.3 Å². The molecule has 6 heteroatoms. The second-order valence-electron chi connectivity index (χ2n) is 8.72. The molecule has 1 aliphatic carbocycles. The Kier molecular flexibility index (Phi) is 8.79. The topological polar surface area (TPSA) is 26.0 Å². The second-order valence-corrected chi connectivity index (χ2v) is 12.3. The number of alkyl halides is 1. The van der Waals surface area contributed by atoms with E-state index in [2.05, 4.69) is 112 Å². The van der Waals surface area contributed by atoms with Crippen molar-refractivity contribution in [2.24, 2.45) is 0 Å². The Balaban J connectivity index is 0.000000152. The van der Waals surface area contributed by atoms with Gasteiger partial charge in [-0.25, -0.2) is 0 Å². The molecule has 0 bridgehead atoms. The van der Waals surface area contributed by atoms with Crippen LogP contribution < -0.4 is 15.9 Å². The van der Waals surface area contributed by atoms with Crippen LogP contribution in [0.3, 0.4) is 0 Å². The first-order valence-corrected chi connectivity index (χ1v) is 15.3. The van der Waals surface area contributed by atoms with Crippen LogP contribution in [0.2, 0.25) is 10.0 Å². The first-order chi connectivity index (χ1) is 18.2. The lowest BCUT2D eigenvalue weighted by Gasteiger charge is -2.18. The number of aromatic nitrogens is 1. The molecular formula is C31H25BrCl2NOP. The molecule has 1 aromatic heterocycles. The van der Waals surface area contributed by atoms with E-state index in [4.69, 9.17) is 27.7 Å². The van der Waals surface area contributed by atoms with Gasteiger partial charge in [0.2, 0.25) is 0 Å². The molecule has 0 N–H and O–H groups in total. The van der Waals surface area contributed by atoms with Crippen molar-refractivity contribution in [1.82, 2.24) is 5.16 Å². The third-order valence-corrected chi connectivity index (χ3v) is 9.78. The summed E-state index contributed by atoms with van der Waals surface area (Å²) >= 11 is 15.9. The van der Waals surface area contributed by atoms with Crippen molar-refractivity contribution in [3.8, 4) is 11.3 Å². The molecular weight excluding hydrogens is 584 g/mol. The zero-order valence-electron chi connectivity index (χ0n) is 20.0. The van der Waals surface area contributed by atoms with E-state index in [-0.39, 0.29) is 0 Å². The predicted octanol–water partition coefficient (Wildman–Crippen LogP) is 8.87. The van der Waals surface area contributed by atoms with Crippen LogP contribution in [0.1, 0.15) is 30.1 Å². The summed E-state index contributed by atoms with van der Waals surface area (Å²) in [6.45, 7) is 0. The summed E-state index contributed by atoms with van der Waals surface area (Å²) in [4.78, 5) is 0. The molecule has 1 heterocycles. The summed E-state index contributed by atoms with van der Waals surface area (Å²) in [5.41, 5.74) is 2.57. The SMILES string of the molecule is Clc1cccc(Cl)c1-c1noc(C2CC2)c1CBr.c1ccc(P(c2ccccc2)c2ccccc2)cc1. The Hall–Kier alpha value is -2.42. The quantitative estimate of drug-likeness (QED) is 0.142. The van der Waals surface area contributed by atoms with Crippen molar-refractivity contribution in [2.45, 2.75) is 24.1 Å². The third kappa shape index (κ3) is 6.19. The maximum absolute atomic E-state index is 6.22. The van der Waals surface area contributed by atoms with Crippen molar-refractivity contribution in [1.29, 1.82) is 0 Å². The van der Waals surface area contributed by atoms with Crippen molar-refractivity contribution >= 4 is 63.0 Å². The first kappa shape index (κ1) is 26.2. The minimum atomic E-state index is -0.446. The van der Waals surface area contributed by atoms with E-state index >= 15 is 0 Å². The first-order valence-electron chi connectivity index (χ1n) is 12.1. The number of hydrogen-bond acceptors (Lipinski definition) is 2. The summed E-state index contributed by atoms with van der Waals surface area (Å²) in [6.07, 6.45) is 2.34. The lowest BCUT2D eigenvalue weighted by atomic mass is 10.1. The summed E-state index contributed by atoms with van der Waals surface area (Å²) < 4.78 is 5.48. The van der Waals surface area contributed by atoms with Crippen LogP contribution >= 0.6 is 47.1 Å². The molecule has 1 fully saturated rings. The van der Waals surface area contributed by atoms with Crippen molar-refractivity contribution in [2.75, 3.05) is 0 Å². The number of rotatable bonds is 6. The summed E-state index contributed by atoms with van der Waals surface area (Å²) in [5, 5.41) is 10.2. The van der Waals surface area contributed by atoms with E-state index < -0.39 is 7.92 Å². The van der Waals surface area contributed by atoms with Gasteiger partial charge in [-0.15, -0.1) is 0 Å². The third-order valence-electron chi connectivity index (χ3n) is 6.14. The molecule has 5 aromatic rings. The predicted molar refractivity (Wildman–Crippen MR) is 162 cm³/mol. The highest BCUT2D eigenvalue weighted by Crippen LogP contribution is 2.46. The molecule has 1 aliphatic rings. The van der Waals surface area contributed by atoms with Crippen molar-refractivity contribution in [3.63, 3.8) is 0 Å². The maximum Gasteiger partial charge on any atom is 0.144 e. The fourth-order valence-corrected chi connectivity index (χ4v) is 7.64. The Bertz CT molecular complexity index is 1330. The van der Waals surface area contributed by atoms with E-state index in [1.165, 1.54) is 28.8 Å². The van der Waals surface area contributed by atoms with Crippen LogP contribution in [0.25, 0.3) is 11.3 Å². The molecule has 186 valence electrons. The van der Waals surface area contributed by atoms with Gasteiger partial charge in [-0.1, -0.05) is 141 Å². The van der Waals surface area contributed by atoms with Crippen molar-refractivity contribution < 1.29 is 4.52 Å². The lowest BCUT2D eigenvalue weighted by Crippen LogP contribution is -2.20. The van der Waals surface area contributed by atoms with Gasteiger partial charge in [0.25, 0.3) is 0 Å². The zero-order chi connectivity index (χ0) is 25.6. The minimum Gasteiger partial charge on any atom is -0.360 e. The van der Waals surface area contributed by atoms with Gasteiger partial charge < -0.3 is 4.52 Å². The number of nitrogens with zero attached hydrogens (tertiary/aromatic N) is 1. The highest BCUT2D eigenvalue weighted by molar-refractivity contribution is 9.08. The van der Waals surface area contributed by atoms with Gasteiger partial charge in [-0.05, 0) is 48.8 Å². The molecule has 0 atom stereocenters. The van der Waals surface area contributed by atoms with Crippen LogP contribution in [0.15, 0.2) is 114 Å². The monoisotopic (exact) mass is 607 g/mol. The van der Waals surface area contributed by atoms with Crippen molar-refractivity contribution in [3.05, 3.63) is 131 Å². The van der Waals surface area contributed by atoms with Crippen LogP contribution in [0.4, 0.5) is 0 Å². The molecule has 6 rings (SSSR count).